The summed E-state index contributed by atoms with van der Waals surface area (Å²) < 4.78 is 0. The fourth-order valence-corrected chi connectivity index (χ4v) is 8.24. The highest BCUT2D eigenvalue weighted by Gasteiger charge is 2.37. The van der Waals surface area contributed by atoms with Gasteiger partial charge in [0.1, 0.15) is 5.84 Å². The van der Waals surface area contributed by atoms with Crippen LogP contribution in [0, 0.1) is 0 Å². The van der Waals surface area contributed by atoms with Crippen LogP contribution < -0.4 is 5.73 Å². The van der Waals surface area contributed by atoms with Crippen molar-refractivity contribution >= 4 is 33.1 Å². The molecule has 53 heavy (non-hydrogen) atoms. The van der Waals surface area contributed by atoms with E-state index in [2.05, 4.69) is 190 Å². The highest BCUT2D eigenvalue weighted by molar-refractivity contribution is 6.06. The second-order valence-corrected chi connectivity index (χ2v) is 14.5. The molecule has 9 rings (SSSR count). The number of nitrogens with two attached hydrogens (primary N) is 1. The minimum Gasteiger partial charge on any atom is -0.383 e. The zero-order valence-electron chi connectivity index (χ0n) is 30.1. The summed E-state index contributed by atoms with van der Waals surface area (Å²) in [4.78, 5) is 5.16. The monoisotopic (exact) mass is 680 g/mol. The van der Waals surface area contributed by atoms with Gasteiger partial charge in [-0.3, -0.25) is 0 Å². The van der Waals surface area contributed by atoms with Gasteiger partial charge in [0.2, 0.25) is 0 Å². The van der Waals surface area contributed by atoms with Crippen molar-refractivity contribution in [1.82, 2.24) is 0 Å². The van der Waals surface area contributed by atoms with Crippen LogP contribution in [0.25, 0.3) is 60.6 Å². The molecule has 0 bridgehead atoms. The Labute approximate surface area is 311 Å². The topological polar surface area (TPSA) is 38.4 Å². The number of benzene rings is 8. The Kier molecular flexibility index (Phi) is 8.09. The van der Waals surface area contributed by atoms with Crippen molar-refractivity contribution in [2.75, 3.05) is 0 Å². The fraction of sp³-hybridized carbons (Fsp3) is 0.0784. The van der Waals surface area contributed by atoms with Gasteiger partial charge in [-0.2, -0.15) is 0 Å². The van der Waals surface area contributed by atoms with Crippen LogP contribution in [0.2, 0.25) is 0 Å². The van der Waals surface area contributed by atoms with E-state index >= 15 is 0 Å². The minimum atomic E-state index is -0.129. The largest absolute Gasteiger partial charge is 0.383 e. The number of fused-ring (bicyclic) bond motifs is 6. The molecule has 0 unspecified atom stereocenters. The summed E-state index contributed by atoms with van der Waals surface area (Å²) in [5.41, 5.74) is 20.9. The second kappa shape index (κ2) is 13.2. The molecule has 0 radical (unpaired) electrons. The SMILES string of the molecule is CC1(C)c2cc(-c3ccc(/C(=C/Cc4ccccc4)N=C(N)c4ccc(-c5ccccc5)cc4)c4ccccc34)ccc2-c2ccc3ccccc3c21. The Balaban J connectivity index is 1.13. The van der Waals surface area contributed by atoms with Crippen LogP contribution >= 0.6 is 0 Å². The predicted octanol–water partition coefficient (Wildman–Crippen LogP) is 12.6. The van der Waals surface area contributed by atoms with Crippen LogP contribution in [-0.4, -0.2) is 5.84 Å². The number of allylic oxidation sites excluding steroid dienone is 1. The fourth-order valence-electron chi connectivity index (χ4n) is 8.24. The number of nitrogens with zero attached hydrogens (tertiary/aromatic N) is 1. The summed E-state index contributed by atoms with van der Waals surface area (Å²) in [6, 6.07) is 62.9. The van der Waals surface area contributed by atoms with E-state index in [1.165, 1.54) is 60.7 Å². The van der Waals surface area contributed by atoms with Crippen molar-refractivity contribution in [3.8, 4) is 33.4 Å². The maximum absolute atomic E-state index is 6.81. The molecule has 1 aliphatic carbocycles. The molecule has 0 aromatic heterocycles. The van der Waals surface area contributed by atoms with Gasteiger partial charge in [0.15, 0.2) is 0 Å². The molecule has 0 saturated carbocycles. The third kappa shape index (κ3) is 5.83. The molecular weight excluding hydrogens is 641 g/mol. The van der Waals surface area contributed by atoms with Crippen molar-refractivity contribution in [3.63, 3.8) is 0 Å². The summed E-state index contributed by atoms with van der Waals surface area (Å²) in [7, 11) is 0. The first kappa shape index (κ1) is 32.4. The third-order valence-corrected chi connectivity index (χ3v) is 11.0. The lowest BCUT2D eigenvalue weighted by Gasteiger charge is -2.24. The lowest BCUT2D eigenvalue weighted by Crippen LogP contribution is -2.15. The Morgan fingerprint density at radius 1 is 0.547 bits per heavy atom. The van der Waals surface area contributed by atoms with Gasteiger partial charge in [0, 0.05) is 16.5 Å². The predicted molar refractivity (Wildman–Crippen MR) is 225 cm³/mol. The first-order chi connectivity index (χ1) is 26.0. The van der Waals surface area contributed by atoms with Crippen LogP contribution in [0.3, 0.4) is 0 Å². The second-order valence-electron chi connectivity index (χ2n) is 14.5. The molecule has 2 N–H and O–H groups in total. The zero-order valence-corrected chi connectivity index (χ0v) is 30.1. The molecule has 254 valence electrons. The Hall–Kier alpha value is -6.51. The Morgan fingerprint density at radius 2 is 1.15 bits per heavy atom. The van der Waals surface area contributed by atoms with Crippen molar-refractivity contribution < 1.29 is 0 Å². The average molecular weight is 681 g/mol. The molecule has 0 saturated heterocycles. The van der Waals surface area contributed by atoms with Gasteiger partial charge < -0.3 is 5.73 Å². The molecular formula is C51H40N2. The van der Waals surface area contributed by atoms with Gasteiger partial charge in [0.25, 0.3) is 0 Å². The van der Waals surface area contributed by atoms with E-state index in [-0.39, 0.29) is 5.41 Å². The smallest absolute Gasteiger partial charge is 0.131 e. The maximum Gasteiger partial charge on any atom is 0.131 e. The zero-order chi connectivity index (χ0) is 35.9. The molecule has 1 aliphatic rings. The van der Waals surface area contributed by atoms with Crippen molar-refractivity contribution in [1.29, 1.82) is 0 Å². The normalized spacial score (nSPS) is 13.6. The third-order valence-electron chi connectivity index (χ3n) is 11.0. The van der Waals surface area contributed by atoms with Crippen LogP contribution in [0.5, 0.6) is 0 Å². The average Bonchev–Trinajstić information content (AvgIpc) is 3.45. The molecule has 8 aromatic carbocycles. The van der Waals surface area contributed by atoms with E-state index in [1.54, 1.807) is 0 Å². The van der Waals surface area contributed by atoms with Crippen molar-refractivity contribution in [3.05, 3.63) is 210 Å². The Morgan fingerprint density at radius 3 is 1.92 bits per heavy atom. The molecule has 0 fully saturated rings. The standard InChI is InChI=1S/C51H40N2/c1-51(2)47-33-39(27-28-44(47)46-29-26-37-17-9-10-18-41(37)49(46)51)40-30-31-45(43-20-12-11-19-42(40)43)48(32-21-34-13-5-3-6-14-34)53-50(52)38-24-22-36(23-25-38)35-15-7-4-8-16-35/h3-20,22-33H,21H2,1-2H3,(H2,52,53)/b48-32-. The summed E-state index contributed by atoms with van der Waals surface area (Å²) in [5, 5.41) is 4.96. The molecule has 2 heteroatoms. The summed E-state index contributed by atoms with van der Waals surface area (Å²) >= 11 is 0. The highest BCUT2D eigenvalue weighted by Crippen LogP contribution is 2.52. The molecule has 0 aliphatic heterocycles. The molecule has 0 amide bonds. The first-order valence-corrected chi connectivity index (χ1v) is 18.4. The Bertz CT molecular complexity index is 2700. The lowest BCUT2D eigenvalue weighted by atomic mass is 9.79. The van der Waals surface area contributed by atoms with Crippen molar-refractivity contribution in [2.45, 2.75) is 25.7 Å². The minimum absolute atomic E-state index is 0.129. The quantitative estimate of drug-likeness (QED) is 0.132. The maximum atomic E-state index is 6.81. The molecule has 0 spiro atoms. The summed E-state index contributed by atoms with van der Waals surface area (Å²) in [6.45, 7) is 4.74. The van der Waals surface area contributed by atoms with Crippen LogP contribution in [0.15, 0.2) is 187 Å². The van der Waals surface area contributed by atoms with E-state index < -0.39 is 0 Å². The summed E-state index contributed by atoms with van der Waals surface area (Å²) in [6.07, 6.45) is 2.95. The van der Waals surface area contributed by atoms with Gasteiger partial charge in [-0.15, -0.1) is 0 Å². The number of rotatable bonds is 7. The van der Waals surface area contributed by atoms with Gasteiger partial charge in [0.05, 0.1) is 5.70 Å². The number of aliphatic imine (C=N–C) groups is 1. The van der Waals surface area contributed by atoms with Gasteiger partial charge >= 0.3 is 0 Å². The van der Waals surface area contributed by atoms with E-state index in [9.17, 15) is 0 Å². The first-order valence-electron chi connectivity index (χ1n) is 18.4. The molecule has 2 nitrogen and oxygen atoms in total. The van der Waals surface area contributed by atoms with Gasteiger partial charge in [-0.05, 0) is 84.1 Å². The molecule has 0 atom stereocenters. The van der Waals surface area contributed by atoms with E-state index in [0.29, 0.717) is 5.84 Å². The van der Waals surface area contributed by atoms with Gasteiger partial charge in [-0.25, -0.2) is 4.99 Å². The van der Waals surface area contributed by atoms with Crippen LogP contribution in [-0.2, 0) is 11.8 Å². The number of hydrogen-bond acceptors (Lipinski definition) is 1. The number of amidine groups is 1. The molecule has 0 heterocycles. The van der Waals surface area contributed by atoms with E-state index in [0.717, 1.165) is 34.2 Å². The van der Waals surface area contributed by atoms with Gasteiger partial charge in [-0.1, -0.05) is 190 Å². The highest BCUT2D eigenvalue weighted by atomic mass is 14.9. The van der Waals surface area contributed by atoms with Crippen LogP contribution in [0.1, 0.15) is 41.7 Å². The van der Waals surface area contributed by atoms with Crippen molar-refractivity contribution in [2.24, 2.45) is 10.7 Å². The van der Waals surface area contributed by atoms with Crippen LogP contribution in [0.4, 0.5) is 0 Å². The lowest BCUT2D eigenvalue weighted by molar-refractivity contribution is 0.666. The van der Waals surface area contributed by atoms with E-state index in [1.807, 2.05) is 6.07 Å². The summed E-state index contributed by atoms with van der Waals surface area (Å²) in [5.74, 6) is 0.491. The van der Waals surface area contributed by atoms with E-state index in [4.69, 9.17) is 10.7 Å². The number of hydrogen-bond donors (Lipinski definition) is 1. The molecule has 8 aromatic rings.